The van der Waals surface area contributed by atoms with Crippen LogP contribution in [0, 0.1) is 0 Å². The zero-order valence-electron chi connectivity index (χ0n) is 11.5. The van der Waals surface area contributed by atoms with Gasteiger partial charge < -0.3 is 15.3 Å². The van der Waals surface area contributed by atoms with Gasteiger partial charge in [-0.1, -0.05) is 6.92 Å². The summed E-state index contributed by atoms with van der Waals surface area (Å²) in [4.78, 5) is 28.5. The minimum atomic E-state index is -1.01. The molecule has 0 radical (unpaired) electrons. The summed E-state index contributed by atoms with van der Waals surface area (Å²) in [6.07, 6.45) is 2.03. The molecule has 1 heterocycles. The van der Waals surface area contributed by atoms with Gasteiger partial charge in [0.05, 0.1) is 5.54 Å². The van der Waals surface area contributed by atoms with E-state index in [-0.39, 0.29) is 0 Å². The molecule has 0 fully saturated rings. The molecule has 0 saturated carbocycles. The van der Waals surface area contributed by atoms with Crippen molar-refractivity contribution in [1.29, 1.82) is 0 Å². The van der Waals surface area contributed by atoms with Crippen LogP contribution in [0.15, 0.2) is 11.6 Å². The summed E-state index contributed by atoms with van der Waals surface area (Å²) in [6, 6.07) is -1.25. The van der Waals surface area contributed by atoms with Crippen molar-refractivity contribution in [2.45, 2.75) is 38.8 Å². The molecule has 1 unspecified atom stereocenters. The third-order valence-electron chi connectivity index (χ3n) is 2.85. The monoisotopic (exact) mass is 285 g/mol. The number of rotatable bonds is 5. The maximum Gasteiger partial charge on any atom is 0.326 e. The van der Waals surface area contributed by atoms with Gasteiger partial charge in [-0.25, -0.2) is 14.6 Å². The average molecular weight is 285 g/mol. The van der Waals surface area contributed by atoms with E-state index in [4.69, 9.17) is 5.11 Å². The molecule has 7 heteroatoms. The number of carboxylic acids is 1. The Balaban J connectivity index is 2.76. The smallest absolute Gasteiger partial charge is 0.326 e. The molecular weight excluding hydrogens is 266 g/mol. The number of carbonyl (C=O) groups excluding carboxylic acids is 1. The number of aromatic nitrogens is 1. The first kappa shape index (κ1) is 15.4. The molecule has 1 atom stereocenters. The zero-order chi connectivity index (χ0) is 14.6. The van der Waals surface area contributed by atoms with Crippen LogP contribution >= 0.6 is 11.3 Å². The summed E-state index contributed by atoms with van der Waals surface area (Å²) >= 11 is 1.44. The molecule has 2 N–H and O–H groups in total. The second-order valence-electron chi connectivity index (χ2n) is 4.77. The highest BCUT2D eigenvalue weighted by Crippen LogP contribution is 2.22. The van der Waals surface area contributed by atoms with Crippen LogP contribution in [0.4, 0.5) is 4.79 Å². The second kappa shape index (κ2) is 6.01. The highest BCUT2D eigenvalue weighted by molar-refractivity contribution is 7.09. The van der Waals surface area contributed by atoms with Gasteiger partial charge >= 0.3 is 12.0 Å². The predicted octanol–water partition coefficient (Wildman–Crippen LogP) is 1.88. The number of urea groups is 1. The summed E-state index contributed by atoms with van der Waals surface area (Å²) < 4.78 is 0. The Hall–Kier alpha value is -1.63. The number of likely N-dealkylation sites (N-methyl/N-ethyl adjacent to an activating group) is 1. The van der Waals surface area contributed by atoms with Gasteiger partial charge in [0.15, 0.2) is 0 Å². The number of aliphatic carboxylic acids is 1. The van der Waals surface area contributed by atoms with Crippen LogP contribution in [-0.2, 0) is 10.3 Å². The summed E-state index contributed by atoms with van der Waals surface area (Å²) in [5, 5.41) is 14.5. The molecule has 0 aliphatic carbocycles. The molecule has 2 amide bonds. The number of hydrogen-bond donors (Lipinski definition) is 2. The summed E-state index contributed by atoms with van der Waals surface area (Å²) in [7, 11) is 1.48. The topological polar surface area (TPSA) is 82.5 Å². The maximum atomic E-state index is 12.1. The maximum absolute atomic E-state index is 12.1. The average Bonchev–Trinajstić information content (AvgIpc) is 2.82. The molecule has 19 heavy (non-hydrogen) atoms. The first-order valence-electron chi connectivity index (χ1n) is 5.97. The van der Waals surface area contributed by atoms with E-state index in [0.29, 0.717) is 6.42 Å². The van der Waals surface area contributed by atoms with Crippen molar-refractivity contribution in [1.82, 2.24) is 15.2 Å². The van der Waals surface area contributed by atoms with Crippen molar-refractivity contribution in [2.75, 3.05) is 7.05 Å². The summed E-state index contributed by atoms with van der Waals surface area (Å²) in [5.41, 5.74) is -0.629. The van der Waals surface area contributed by atoms with Gasteiger partial charge in [0.25, 0.3) is 0 Å². The summed E-state index contributed by atoms with van der Waals surface area (Å²) in [6.45, 7) is 5.40. The fraction of sp³-hybridized carbons (Fsp3) is 0.583. The van der Waals surface area contributed by atoms with Crippen LogP contribution in [0.5, 0.6) is 0 Å². The fourth-order valence-corrected chi connectivity index (χ4v) is 2.41. The third-order valence-corrected chi connectivity index (χ3v) is 3.94. The molecule has 1 aromatic rings. The van der Waals surface area contributed by atoms with Crippen molar-refractivity contribution in [3.8, 4) is 0 Å². The Kier molecular flexibility index (Phi) is 4.88. The van der Waals surface area contributed by atoms with Crippen molar-refractivity contribution >= 4 is 23.3 Å². The Morgan fingerprint density at radius 2 is 2.21 bits per heavy atom. The number of carboxylic acid groups (broad SMARTS) is 1. The quantitative estimate of drug-likeness (QED) is 0.865. The second-order valence-corrected chi connectivity index (χ2v) is 5.66. The van der Waals surface area contributed by atoms with Crippen LogP contribution in [0.3, 0.4) is 0 Å². The van der Waals surface area contributed by atoms with Crippen LogP contribution in [0.2, 0.25) is 0 Å². The number of amides is 2. The van der Waals surface area contributed by atoms with Gasteiger partial charge in [0, 0.05) is 18.6 Å². The largest absolute Gasteiger partial charge is 0.480 e. The van der Waals surface area contributed by atoms with E-state index in [1.165, 1.54) is 23.3 Å². The Bertz CT molecular complexity index is 445. The van der Waals surface area contributed by atoms with E-state index < -0.39 is 23.6 Å². The number of nitrogens with one attached hydrogen (secondary N) is 1. The van der Waals surface area contributed by atoms with Crippen LogP contribution in [-0.4, -0.2) is 40.1 Å². The van der Waals surface area contributed by atoms with E-state index in [1.807, 2.05) is 19.2 Å². The molecule has 0 aliphatic heterocycles. The Labute approximate surface area is 116 Å². The van der Waals surface area contributed by atoms with Crippen molar-refractivity contribution in [2.24, 2.45) is 0 Å². The first-order valence-corrected chi connectivity index (χ1v) is 6.85. The van der Waals surface area contributed by atoms with Gasteiger partial charge in [0.1, 0.15) is 11.0 Å². The molecule has 1 aromatic heterocycles. The van der Waals surface area contributed by atoms with Gasteiger partial charge in [-0.15, -0.1) is 11.3 Å². The number of hydrogen-bond acceptors (Lipinski definition) is 4. The van der Waals surface area contributed by atoms with Crippen LogP contribution in [0.25, 0.3) is 0 Å². The van der Waals surface area contributed by atoms with E-state index in [0.717, 1.165) is 5.01 Å². The lowest BCUT2D eigenvalue weighted by molar-refractivity contribution is -0.141. The molecule has 1 rings (SSSR count). The lowest BCUT2D eigenvalue weighted by Crippen LogP contribution is -2.52. The van der Waals surface area contributed by atoms with Gasteiger partial charge in [-0.05, 0) is 20.3 Å². The van der Waals surface area contributed by atoms with E-state index >= 15 is 0 Å². The molecular formula is C12H19N3O3S. The lowest BCUT2D eigenvalue weighted by Gasteiger charge is -2.30. The number of nitrogens with zero attached hydrogens (tertiary/aromatic N) is 2. The zero-order valence-corrected chi connectivity index (χ0v) is 12.3. The molecule has 0 aromatic carbocycles. The van der Waals surface area contributed by atoms with Gasteiger partial charge in [-0.2, -0.15) is 0 Å². The van der Waals surface area contributed by atoms with Crippen molar-refractivity contribution < 1.29 is 14.7 Å². The predicted molar refractivity (Wildman–Crippen MR) is 73.1 cm³/mol. The Morgan fingerprint density at radius 3 is 2.63 bits per heavy atom. The number of thiazole rings is 1. The van der Waals surface area contributed by atoms with Crippen LogP contribution in [0.1, 0.15) is 32.2 Å². The minimum Gasteiger partial charge on any atom is -0.480 e. The normalized spacial score (nSPS) is 12.8. The van der Waals surface area contributed by atoms with Crippen molar-refractivity contribution in [3.05, 3.63) is 16.6 Å². The molecule has 106 valence electrons. The SMILES string of the molecule is CCC(C(=O)O)N(C)C(=O)NC(C)(C)c1nccs1. The fourth-order valence-electron chi connectivity index (χ4n) is 1.70. The highest BCUT2D eigenvalue weighted by Gasteiger charge is 2.30. The molecule has 0 bridgehead atoms. The minimum absolute atomic E-state index is 0.358. The van der Waals surface area contributed by atoms with Crippen molar-refractivity contribution in [3.63, 3.8) is 0 Å². The first-order chi connectivity index (χ1) is 8.79. The van der Waals surface area contributed by atoms with E-state index in [9.17, 15) is 9.59 Å². The standard InChI is InChI=1S/C12H19N3O3S/c1-5-8(9(16)17)15(4)11(18)14-12(2,3)10-13-6-7-19-10/h6-8H,5H2,1-4H3,(H,14,18)(H,16,17). The van der Waals surface area contributed by atoms with E-state index in [2.05, 4.69) is 10.3 Å². The molecule has 0 spiro atoms. The van der Waals surface area contributed by atoms with Crippen LogP contribution < -0.4 is 5.32 Å². The van der Waals surface area contributed by atoms with Gasteiger partial charge in [0.2, 0.25) is 0 Å². The molecule has 0 aliphatic rings. The highest BCUT2D eigenvalue weighted by atomic mass is 32.1. The molecule has 6 nitrogen and oxygen atoms in total. The third kappa shape index (κ3) is 3.66. The van der Waals surface area contributed by atoms with Gasteiger partial charge in [-0.3, -0.25) is 0 Å². The molecule has 0 saturated heterocycles. The lowest BCUT2D eigenvalue weighted by atomic mass is 10.1. The Morgan fingerprint density at radius 1 is 1.58 bits per heavy atom. The van der Waals surface area contributed by atoms with E-state index in [1.54, 1.807) is 13.1 Å². The summed E-state index contributed by atoms with van der Waals surface area (Å²) in [5.74, 6) is -1.01. The number of carbonyl (C=O) groups is 2.